The summed E-state index contributed by atoms with van der Waals surface area (Å²) in [5.74, 6) is 0.0204. The van der Waals surface area contributed by atoms with Crippen LogP contribution in [0.15, 0.2) is 18.2 Å². The van der Waals surface area contributed by atoms with Gasteiger partial charge in [0.25, 0.3) is 0 Å². The highest BCUT2D eigenvalue weighted by Crippen LogP contribution is 2.27. The number of rotatable bonds is 3. The standard InChI is InChI=1S/C13H18ClN3O/c1-9(18)16-12-4-5-17(8-12)13-6-11(14)3-2-10(13)7-15/h2-3,6,12H,4-5,7-8,15H2,1H3,(H,16,18). The summed E-state index contributed by atoms with van der Waals surface area (Å²) in [4.78, 5) is 13.3. The molecule has 1 amide bonds. The molecule has 1 heterocycles. The molecule has 1 saturated heterocycles. The van der Waals surface area contributed by atoms with Crippen molar-refractivity contribution in [2.24, 2.45) is 5.73 Å². The molecule has 0 aromatic heterocycles. The predicted octanol–water partition coefficient (Wildman–Crippen LogP) is 1.51. The molecule has 5 heteroatoms. The van der Waals surface area contributed by atoms with Gasteiger partial charge in [0, 0.05) is 43.3 Å². The molecule has 1 aromatic rings. The van der Waals surface area contributed by atoms with Crippen molar-refractivity contribution in [1.29, 1.82) is 0 Å². The van der Waals surface area contributed by atoms with Crippen molar-refractivity contribution in [2.75, 3.05) is 18.0 Å². The van der Waals surface area contributed by atoms with Crippen LogP contribution in [0.25, 0.3) is 0 Å². The molecule has 2 rings (SSSR count). The molecule has 0 spiro atoms. The minimum absolute atomic E-state index is 0.0204. The Bertz CT molecular complexity index is 450. The molecule has 1 atom stereocenters. The quantitative estimate of drug-likeness (QED) is 0.873. The Morgan fingerprint density at radius 1 is 1.61 bits per heavy atom. The lowest BCUT2D eigenvalue weighted by Gasteiger charge is -2.22. The van der Waals surface area contributed by atoms with E-state index in [1.54, 1.807) is 6.92 Å². The van der Waals surface area contributed by atoms with Crippen LogP contribution in [-0.4, -0.2) is 25.0 Å². The molecular weight excluding hydrogens is 250 g/mol. The highest BCUT2D eigenvalue weighted by Gasteiger charge is 2.24. The number of hydrogen-bond donors (Lipinski definition) is 2. The molecule has 1 aromatic carbocycles. The number of amides is 1. The van der Waals surface area contributed by atoms with Gasteiger partial charge in [0.05, 0.1) is 0 Å². The fourth-order valence-corrected chi connectivity index (χ4v) is 2.55. The van der Waals surface area contributed by atoms with Gasteiger partial charge in [-0.3, -0.25) is 4.79 Å². The van der Waals surface area contributed by atoms with E-state index in [2.05, 4.69) is 10.2 Å². The number of carbonyl (C=O) groups is 1. The summed E-state index contributed by atoms with van der Waals surface area (Å²) in [5.41, 5.74) is 7.91. The molecule has 4 nitrogen and oxygen atoms in total. The lowest BCUT2D eigenvalue weighted by atomic mass is 10.1. The van der Waals surface area contributed by atoms with Gasteiger partial charge in [-0.2, -0.15) is 0 Å². The predicted molar refractivity (Wildman–Crippen MR) is 73.8 cm³/mol. The number of benzene rings is 1. The van der Waals surface area contributed by atoms with Crippen LogP contribution >= 0.6 is 11.6 Å². The van der Waals surface area contributed by atoms with Gasteiger partial charge in [0.2, 0.25) is 5.91 Å². The van der Waals surface area contributed by atoms with E-state index < -0.39 is 0 Å². The molecule has 0 saturated carbocycles. The van der Waals surface area contributed by atoms with Crippen LogP contribution in [0.4, 0.5) is 5.69 Å². The molecule has 0 bridgehead atoms. The van der Waals surface area contributed by atoms with Gasteiger partial charge in [-0.15, -0.1) is 0 Å². The highest BCUT2D eigenvalue weighted by molar-refractivity contribution is 6.30. The van der Waals surface area contributed by atoms with E-state index in [9.17, 15) is 4.79 Å². The summed E-state index contributed by atoms with van der Waals surface area (Å²) in [6.45, 7) is 3.77. The van der Waals surface area contributed by atoms with Crippen LogP contribution in [-0.2, 0) is 11.3 Å². The van der Waals surface area contributed by atoms with Crippen molar-refractivity contribution in [3.8, 4) is 0 Å². The maximum absolute atomic E-state index is 11.0. The second-order valence-corrected chi connectivity index (χ2v) is 5.05. The first kappa shape index (κ1) is 13.2. The van der Waals surface area contributed by atoms with Crippen molar-refractivity contribution in [3.63, 3.8) is 0 Å². The van der Waals surface area contributed by atoms with Gasteiger partial charge in [-0.1, -0.05) is 17.7 Å². The smallest absolute Gasteiger partial charge is 0.217 e. The average Bonchev–Trinajstić information content (AvgIpc) is 2.76. The third-order valence-electron chi connectivity index (χ3n) is 3.20. The van der Waals surface area contributed by atoms with Gasteiger partial charge in [0.1, 0.15) is 0 Å². The van der Waals surface area contributed by atoms with Crippen molar-refractivity contribution in [1.82, 2.24) is 5.32 Å². The Hall–Kier alpha value is -1.26. The van der Waals surface area contributed by atoms with Crippen molar-refractivity contribution in [3.05, 3.63) is 28.8 Å². The van der Waals surface area contributed by atoms with Crippen LogP contribution in [0.2, 0.25) is 5.02 Å². The first-order chi connectivity index (χ1) is 8.60. The molecule has 98 valence electrons. The number of halogens is 1. The van der Waals surface area contributed by atoms with Crippen LogP contribution in [0, 0.1) is 0 Å². The number of anilines is 1. The summed E-state index contributed by atoms with van der Waals surface area (Å²) in [7, 11) is 0. The second kappa shape index (κ2) is 5.59. The Kier molecular flexibility index (Phi) is 4.09. The first-order valence-electron chi connectivity index (χ1n) is 6.10. The SMILES string of the molecule is CC(=O)NC1CCN(c2cc(Cl)ccc2CN)C1. The molecule has 0 aliphatic carbocycles. The largest absolute Gasteiger partial charge is 0.369 e. The van der Waals surface area contributed by atoms with Crippen LogP contribution in [0.1, 0.15) is 18.9 Å². The van der Waals surface area contributed by atoms with Gasteiger partial charge in [0.15, 0.2) is 0 Å². The van der Waals surface area contributed by atoms with Crippen LogP contribution in [0.5, 0.6) is 0 Å². The van der Waals surface area contributed by atoms with Gasteiger partial charge >= 0.3 is 0 Å². The van der Waals surface area contributed by atoms with Gasteiger partial charge < -0.3 is 16.0 Å². The Morgan fingerprint density at radius 3 is 3.06 bits per heavy atom. The lowest BCUT2D eigenvalue weighted by Crippen LogP contribution is -2.35. The molecule has 1 unspecified atom stereocenters. The summed E-state index contributed by atoms with van der Waals surface area (Å²) in [6, 6.07) is 5.98. The minimum Gasteiger partial charge on any atom is -0.369 e. The summed E-state index contributed by atoms with van der Waals surface area (Å²) >= 11 is 6.04. The van der Waals surface area contributed by atoms with E-state index in [-0.39, 0.29) is 11.9 Å². The molecule has 1 aliphatic heterocycles. The lowest BCUT2D eigenvalue weighted by molar-refractivity contribution is -0.119. The van der Waals surface area contributed by atoms with Crippen LogP contribution in [0.3, 0.4) is 0 Å². The maximum atomic E-state index is 11.0. The van der Waals surface area contributed by atoms with E-state index in [0.29, 0.717) is 11.6 Å². The van der Waals surface area contributed by atoms with Crippen molar-refractivity contribution < 1.29 is 4.79 Å². The second-order valence-electron chi connectivity index (χ2n) is 4.61. The van der Waals surface area contributed by atoms with Gasteiger partial charge in [-0.25, -0.2) is 0 Å². The number of nitrogens with two attached hydrogens (primary N) is 1. The molecule has 1 fully saturated rings. The van der Waals surface area contributed by atoms with Crippen molar-refractivity contribution >= 4 is 23.2 Å². The Labute approximate surface area is 112 Å². The minimum atomic E-state index is 0.0204. The zero-order valence-corrected chi connectivity index (χ0v) is 11.2. The average molecular weight is 268 g/mol. The van der Waals surface area contributed by atoms with E-state index in [0.717, 1.165) is 30.8 Å². The Balaban J connectivity index is 2.13. The topological polar surface area (TPSA) is 58.4 Å². The third kappa shape index (κ3) is 2.94. The number of carbonyl (C=O) groups excluding carboxylic acids is 1. The van der Waals surface area contributed by atoms with E-state index in [1.165, 1.54) is 0 Å². The summed E-state index contributed by atoms with van der Waals surface area (Å²) in [6.07, 6.45) is 0.954. The van der Waals surface area contributed by atoms with E-state index in [4.69, 9.17) is 17.3 Å². The zero-order valence-electron chi connectivity index (χ0n) is 10.4. The van der Waals surface area contributed by atoms with Crippen molar-refractivity contribution in [2.45, 2.75) is 25.9 Å². The van der Waals surface area contributed by atoms with Gasteiger partial charge in [-0.05, 0) is 24.1 Å². The molecule has 3 N–H and O–H groups in total. The third-order valence-corrected chi connectivity index (χ3v) is 3.44. The number of nitrogens with one attached hydrogen (secondary N) is 1. The number of nitrogens with zero attached hydrogens (tertiary/aromatic N) is 1. The molecule has 18 heavy (non-hydrogen) atoms. The summed E-state index contributed by atoms with van der Waals surface area (Å²) < 4.78 is 0. The highest BCUT2D eigenvalue weighted by atomic mass is 35.5. The first-order valence-corrected chi connectivity index (χ1v) is 6.48. The van der Waals surface area contributed by atoms with Crippen LogP contribution < -0.4 is 16.0 Å². The monoisotopic (exact) mass is 267 g/mol. The maximum Gasteiger partial charge on any atom is 0.217 e. The zero-order chi connectivity index (χ0) is 13.1. The fourth-order valence-electron chi connectivity index (χ4n) is 2.39. The Morgan fingerprint density at radius 2 is 2.39 bits per heavy atom. The molecule has 0 radical (unpaired) electrons. The summed E-state index contributed by atoms with van der Waals surface area (Å²) in [5, 5.41) is 3.66. The van der Waals surface area contributed by atoms with E-state index >= 15 is 0 Å². The number of hydrogen-bond acceptors (Lipinski definition) is 3. The molecular formula is C13H18ClN3O. The normalized spacial score (nSPS) is 19.1. The van der Waals surface area contributed by atoms with E-state index in [1.807, 2.05) is 18.2 Å². The fraction of sp³-hybridized carbons (Fsp3) is 0.462. The molecule has 1 aliphatic rings.